The van der Waals surface area contributed by atoms with E-state index < -0.39 is 0 Å². The smallest absolute Gasteiger partial charge is 0 e. The minimum atomic E-state index is 0. The van der Waals surface area contributed by atoms with E-state index in [1.807, 2.05) is 0 Å². The molecule has 1 saturated heterocycles. The van der Waals surface area contributed by atoms with Crippen molar-refractivity contribution in [2.75, 3.05) is 26.2 Å². The highest BCUT2D eigenvalue weighted by Gasteiger charge is 2.07. The van der Waals surface area contributed by atoms with E-state index in [4.69, 9.17) is 5.73 Å². The summed E-state index contributed by atoms with van der Waals surface area (Å²) < 4.78 is 0. The van der Waals surface area contributed by atoms with Crippen LogP contribution in [0, 0.1) is 0 Å². The molecule has 1 aliphatic rings. The van der Waals surface area contributed by atoms with Crippen LogP contribution in [0.25, 0.3) is 0 Å². The van der Waals surface area contributed by atoms with Crippen LogP contribution in [-0.4, -0.2) is 31.1 Å². The molecular formula is C8H20N2. The fraction of sp³-hybridized carbons (Fsp3) is 1.00. The maximum Gasteiger partial charge on any atom is 0 e. The molecule has 0 aliphatic carbocycles. The Morgan fingerprint density at radius 3 is 2.50 bits per heavy atom. The molecule has 1 heterocycles. The normalized spacial score (nSPS) is 21.3. The van der Waals surface area contributed by atoms with Gasteiger partial charge >= 0.3 is 0 Å². The Morgan fingerprint density at radius 1 is 1.20 bits per heavy atom. The number of piperidine rings is 1. The average Bonchev–Trinajstić information content (AvgIpc) is 2.03. The highest BCUT2D eigenvalue weighted by molar-refractivity contribution is 4.63. The molecular weight excluding hydrogens is 124 g/mol. The van der Waals surface area contributed by atoms with Gasteiger partial charge in [0, 0.05) is 1.43 Å². The molecule has 0 bridgehead atoms. The van der Waals surface area contributed by atoms with Crippen molar-refractivity contribution >= 4 is 0 Å². The lowest BCUT2D eigenvalue weighted by Crippen LogP contribution is -2.31. The van der Waals surface area contributed by atoms with Crippen molar-refractivity contribution in [3.63, 3.8) is 0 Å². The van der Waals surface area contributed by atoms with Gasteiger partial charge in [0.1, 0.15) is 0 Å². The van der Waals surface area contributed by atoms with Gasteiger partial charge in [-0.2, -0.15) is 0 Å². The molecule has 0 aromatic carbocycles. The van der Waals surface area contributed by atoms with E-state index in [2.05, 4.69) is 4.90 Å². The molecule has 0 aromatic heterocycles. The van der Waals surface area contributed by atoms with Crippen molar-refractivity contribution in [2.45, 2.75) is 25.7 Å². The van der Waals surface area contributed by atoms with Gasteiger partial charge in [-0.3, -0.25) is 0 Å². The third-order valence-electron chi connectivity index (χ3n) is 2.13. The second-order valence-electron chi connectivity index (χ2n) is 3.04. The van der Waals surface area contributed by atoms with E-state index in [0.717, 1.165) is 6.54 Å². The topological polar surface area (TPSA) is 29.3 Å². The predicted octanol–water partition coefficient (Wildman–Crippen LogP) is 1.07. The second-order valence-corrected chi connectivity index (χ2v) is 3.04. The average molecular weight is 144 g/mol. The van der Waals surface area contributed by atoms with Crippen LogP contribution in [0.4, 0.5) is 0 Å². The summed E-state index contributed by atoms with van der Waals surface area (Å²) in [6.07, 6.45) is 5.38. The van der Waals surface area contributed by atoms with Crippen molar-refractivity contribution in [3.8, 4) is 0 Å². The van der Waals surface area contributed by atoms with Crippen molar-refractivity contribution in [3.05, 3.63) is 0 Å². The Kier molecular flexibility index (Phi) is 3.76. The van der Waals surface area contributed by atoms with Crippen molar-refractivity contribution in [1.29, 1.82) is 0 Å². The lowest BCUT2D eigenvalue weighted by molar-refractivity contribution is 0.227. The second kappa shape index (κ2) is 4.69. The molecule has 0 amide bonds. The maximum atomic E-state index is 5.42. The molecule has 1 aliphatic heterocycles. The molecule has 10 heavy (non-hydrogen) atoms. The molecule has 0 saturated carbocycles. The van der Waals surface area contributed by atoms with Gasteiger partial charge in [-0.15, -0.1) is 0 Å². The number of hydrogen-bond donors (Lipinski definition) is 1. The van der Waals surface area contributed by atoms with Gasteiger partial charge in [-0.1, -0.05) is 6.42 Å². The Hall–Kier alpha value is -0.0800. The summed E-state index contributed by atoms with van der Waals surface area (Å²) in [5, 5.41) is 0. The van der Waals surface area contributed by atoms with Gasteiger partial charge in [0.15, 0.2) is 0 Å². The van der Waals surface area contributed by atoms with Crippen LogP contribution in [0.5, 0.6) is 0 Å². The van der Waals surface area contributed by atoms with Crippen LogP contribution < -0.4 is 5.73 Å². The summed E-state index contributed by atoms with van der Waals surface area (Å²) in [6.45, 7) is 4.67. The van der Waals surface area contributed by atoms with Crippen LogP contribution >= 0.6 is 0 Å². The van der Waals surface area contributed by atoms with Crippen LogP contribution in [0.15, 0.2) is 0 Å². The van der Waals surface area contributed by atoms with E-state index in [1.165, 1.54) is 45.3 Å². The highest BCUT2D eigenvalue weighted by Crippen LogP contribution is 2.07. The highest BCUT2D eigenvalue weighted by atomic mass is 15.1. The van der Waals surface area contributed by atoms with Gasteiger partial charge < -0.3 is 10.6 Å². The summed E-state index contributed by atoms with van der Waals surface area (Å²) in [5.41, 5.74) is 5.42. The number of hydrogen-bond acceptors (Lipinski definition) is 2. The summed E-state index contributed by atoms with van der Waals surface area (Å²) >= 11 is 0. The van der Waals surface area contributed by atoms with Gasteiger partial charge in [0.05, 0.1) is 0 Å². The summed E-state index contributed by atoms with van der Waals surface area (Å²) in [6, 6.07) is 0. The monoisotopic (exact) mass is 144 g/mol. The number of nitrogens with zero attached hydrogens (tertiary/aromatic N) is 1. The first kappa shape index (κ1) is 8.02. The van der Waals surface area contributed by atoms with E-state index in [-0.39, 0.29) is 1.43 Å². The zero-order chi connectivity index (χ0) is 7.23. The van der Waals surface area contributed by atoms with Crippen molar-refractivity contribution in [2.24, 2.45) is 5.73 Å². The maximum absolute atomic E-state index is 5.42. The van der Waals surface area contributed by atoms with Gasteiger partial charge in [0.2, 0.25) is 0 Å². The van der Waals surface area contributed by atoms with Crippen LogP contribution in [0.1, 0.15) is 27.1 Å². The Morgan fingerprint density at radius 2 is 1.90 bits per heavy atom. The number of nitrogens with two attached hydrogens (primary N) is 1. The lowest BCUT2D eigenvalue weighted by atomic mass is 10.1. The third kappa shape index (κ3) is 2.67. The summed E-state index contributed by atoms with van der Waals surface area (Å²) in [7, 11) is 0. The fourth-order valence-electron chi connectivity index (χ4n) is 1.50. The minimum absolute atomic E-state index is 0. The molecule has 0 radical (unpaired) electrons. The predicted molar refractivity (Wildman–Crippen MR) is 46.1 cm³/mol. The first-order valence-electron chi connectivity index (χ1n) is 4.36. The number of likely N-dealkylation sites (tertiary alicyclic amines) is 1. The van der Waals surface area contributed by atoms with E-state index >= 15 is 0 Å². The Balaban J connectivity index is 0.000001000. The third-order valence-corrected chi connectivity index (χ3v) is 2.13. The molecule has 2 heteroatoms. The molecule has 1 rings (SSSR count). The van der Waals surface area contributed by atoms with Crippen LogP contribution in [0.3, 0.4) is 0 Å². The first-order chi connectivity index (χ1) is 4.93. The van der Waals surface area contributed by atoms with Crippen LogP contribution in [0.2, 0.25) is 0 Å². The summed E-state index contributed by atoms with van der Waals surface area (Å²) in [4.78, 5) is 2.52. The number of rotatable bonds is 3. The molecule has 2 nitrogen and oxygen atoms in total. The fourth-order valence-corrected chi connectivity index (χ4v) is 1.50. The standard InChI is InChI=1S/C8H18N2.H2/c9-5-4-8-10-6-2-1-3-7-10;/h1-9H2;1H. The first-order valence-corrected chi connectivity index (χ1v) is 4.36. The molecule has 0 atom stereocenters. The Bertz CT molecular complexity index is 82.2. The molecule has 1 fully saturated rings. The summed E-state index contributed by atoms with van der Waals surface area (Å²) in [5.74, 6) is 0. The quantitative estimate of drug-likeness (QED) is 0.642. The largest absolute Gasteiger partial charge is 0.330 e. The van der Waals surface area contributed by atoms with Crippen LogP contribution in [-0.2, 0) is 0 Å². The minimum Gasteiger partial charge on any atom is -0.330 e. The van der Waals surface area contributed by atoms with Gasteiger partial charge in [-0.05, 0) is 45.4 Å². The van der Waals surface area contributed by atoms with Crippen molar-refractivity contribution in [1.82, 2.24) is 4.90 Å². The lowest BCUT2D eigenvalue weighted by Gasteiger charge is -2.25. The molecule has 2 N–H and O–H groups in total. The Labute approximate surface area is 64.9 Å². The van der Waals surface area contributed by atoms with Crippen molar-refractivity contribution < 1.29 is 1.43 Å². The zero-order valence-corrected chi connectivity index (χ0v) is 6.68. The van der Waals surface area contributed by atoms with Gasteiger partial charge in [0.25, 0.3) is 0 Å². The SMILES string of the molecule is NCCCN1CCCCC1.[HH]. The zero-order valence-electron chi connectivity index (χ0n) is 6.68. The molecule has 62 valence electrons. The van der Waals surface area contributed by atoms with E-state index in [9.17, 15) is 0 Å². The molecule has 0 unspecified atom stereocenters. The van der Waals surface area contributed by atoms with E-state index in [0.29, 0.717) is 0 Å². The van der Waals surface area contributed by atoms with E-state index in [1.54, 1.807) is 0 Å². The molecule has 0 spiro atoms. The van der Waals surface area contributed by atoms with Gasteiger partial charge in [-0.25, -0.2) is 0 Å². The molecule has 0 aromatic rings.